The lowest BCUT2D eigenvalue weighted by Crippen LogP contribution is -2.17. The Labute approximate surface area is 112 Å². The average molecular weight is 272 g/mol. The van der Waals surface area contributed by atoms with Gasteiger partial charge in [0, 0.05) is 13.1 Å². The number of hydrogen-bond acceptors (Lipinski definition) is 3. The van der Waals surface area contributed by atoms with E-state index in [0.29, 0.717) is 23.9 Å². The molecule has 18 heavy (non-hydrogen) atoms. The largest absolute Gasteiger partial charge is 0.489 e. The van der Waals surface area contributed by atoms with Crippen LogP contribution in [-0.2, 0) is 11.3 Å². The molecule has 0 radical (unpaired) electrons. The Morgan fingerprint density at radius 2 is 2.22 bits per heavy atom. The minimum atomic E-state index is -0.804. The van der Waals surface area contributed by atoms with E-state index in [9.17, 15) is 4.79 Å². The molecule has 0 unspecified atom stereocenters. The molecular formula is C13H18ClNO3. The molecule has 0 amide bonds. The maximum Gasteiger partial charge on any atom is 0.304 e. The van der Waals surface area contributed by atoms with Crippen molar-refractivity contribution in [2.45, 2.75) is 32.9 Å². The maximum absolute atomic E-state index is 10.3. The van der Waals surface area contributed by atoms with E-state index in [1.807, 2.05) is 32.0 Å². The molecule has 0 saturated carbocycles. The van der Waals surface area contributed by atoms with Gasteiger partial charge >= 0.3 is 5.97 Å². The summed E-state index contributed by atoms with van der Waals surface area (Å²) in [5.41, 5.74) is 1.00. The van der Waals surface area contributed by atoms with Gasteiger partial charge in [0.15, 0.2) is 0 Å². The highest BCUT2D eigenvalue weighted by Crippen LogP contribution is 2.26. The Bertz CT molecular complexity index is 407. The lowest BCUT2D eigenvalue weighted by Gasteiger charge is -2.12. The first-order valence-corrected chi connectivity index (χ1v) is 6.24. The molecule has 0 aliphatic carbocycles. The van der Waals surface area contributed by atoms with Gasteiger partial charge in [0.2, 0.25) is 0 Å². The van der Waals surface area contributed by atoms with Gasteiger partial charge < -0.3 is 15.2 Å². The Morgan fingerprint density at radius 3 is 2.78 bits per heavy atom. The van der Waals surface area contributed by atoms with Crippen LogP contribution in [0.5, 0.6) is 5.75 Å². The van der Waals surface area contributed by atoms with Crippen molar-refractivity contribution >= 4 is 17.6 Å². The Morgan fingerprint density at radius 1 is 1.50 bits per heavy atom. The fourth-order valence-corrected chi connectivity index (χ4v) is 1.68. The minimum Gasteiger partial charge on any atom is -0.489 e. The number of aliphatic carboxylic acids is 1. The van der Waals surface area contributed by atoms with Crippen LogP contribution < -0.4 is 10.1 Å². The van der Waals surface area contributed by atoms with Crippen LogP contribution in [0.2, 0.25) is 5.02 Å². The first-order chi connectivity index (χ1) is 8.49. The topological polar surface area (TPSA) is 58.6 Å². The zero-order valence-electron chi connectivity index (χ0n) is 10.6. The summed E-state index contributed by atoms with van der Waals surface area (Å²) in [7, 11) is 0. The molecule has 0 spiro atoms. The first kappa shape index (κ1) is 14.8. The number of carboxylic acids is 1. The van der Waals surface area contributed by atoms with E-state index in [2.05, 4.69) is 5.32 Å². The fourth-order valence-electron chi connectivity index (χ4n) is 1.43. The van der Waals surface area contributed by atoms with E-state index in [1.165, 1.54) is 0 Å². The molecule has 0 bridgehead atoms. The second kappa shape index (κ2) is 7.24. The number of hydrogen-bond donors (Lipinski definition) is 2. The molecule has 1 rings (SSSR count). The molecule has 4 nitrogen and oxygen atoms in total. The molecule has 1 aromatic rings. The Kier molecular flexibility index (Phi) is 5.95. The van der Waals surface area contributed by atoms with Crippen molar-refractivity contribution in [2.75, 3.05) is 6.54 Å². The summed E-state index contributed by atoms with van der Waals surface area (Å²) in [6.07, 6.45) is 0.199. The third-order valence-electron chi connectivity index (χ3n) is 2.20. The number of carboxylic acid groups (broad SMARTS) is 1. The van der Waals surface area contributed by atoms with Crippen molar-refractivity contribution in [2.24, 2.45) is 0 Å². The smallest absolute Gasteiger partial charge is 0.304 e. The van der Waals surface area contributed by atoms with E-state index in [4.69, 9.17) is 21.4 Å². The normalized spacial score (nSPS) is 10.7. The monoisotopic (exact) mass is 271 g/mol. The molecule has 5 heteroatoms. The second-order valence-corrected chi connectivity index (χ2v) is 4.66. The fraction of sp³-hybridized carbons (Fsp3) is 0.462. The van der Waals surface area contributed by atoms with E-state index in [0.717, 1.165) is 5.56 Å². The van der Waals surface area contributed by atoms with Crippen molar-refractivity contribution in [3.8, 4) is 5.75 Å². The predicted molar refractivity (Wildman–Crippen MR) is 71.2 cm³/mol. The Hall–Kier alpha value is -1.26. The van der Waals surface area contributed by atoms with Crippen molar-refractivity contribution in [3.63, 3.8) is 0 Å². The molecule has 0 aromatic heterocycles. The summed E-state index contributed by atoms with van der Waals surface area (Å²) >= 11 is 6.09. The summed E-state index contributed by atoms with van der Waals surface area (Å²) in [6.45, 7) is 4.92. The van der Waals surface area contributed by atoms with Gasteiger partial charge in [-0.15, -0.1) is 0 Å². The summed E-state index contributed by atoms with van der Waals surface area (Å²) in [5.74, 6) is -0.137. The quantitative estimate of drug-likeness (QED) is 0.749. The summed E-state index contributed by atoms with van der Waals surface area (Å²) in [5, 5.41) is 12.1. The van der Waals surface area contributed by atoms with Crippen LogP contribution in [0.1, 0.15) is 25.8 Å². The highest BCUT2D eigenvalue weighted by Gasteiger charge is 2.05. The number of benzene rings is 1. The van der Waals surface area contributed by atoms with Crippen LogP contribution in [-0.4, -0.2) is 23.7 Å². The van der Waals surface area contributed by atoms with Crippen molar-refractivity contribution < 1.29 is 14.6 Å². The maximum atomic E-state index is 10.3. The van der Waals surface area contributed by atoms with Gasteiger partial charge in [-0.3, -0.25) is 4.79 Å². The second-order valence-electron chi connectivity index (χ2n) is 4.25. The van der Waals surface area contributed by atoms with Crippen molar-refractivity contribution in [1.29, 1.82) is 0 Å². The summed E-state index contributed by atoms with van der Waals surface area (Å²) < 4.78 is 5.53. The van der Waals surface area contributed by atoms with Gasteiger partial charge in [-0.25, -0.2) is 0 Å². The predicted octanol–water partition coefficient (Wildman–Crippen LogP) is 2.69. The zero-order valence-corrected chi connectivity index (χ0v) is 11.3. The molecule has 0 saturated heterocycles. The number of halogens is 1. The highest BCUT2D eigenvalue weighted by atomic mass is 35.5. The molecular weight excluding hydrogens is 254 g/mol. The van der Waals surface area contributed by atoms with E-state index >= 15 is 0 Å². The zero-order chi connectivity index (χ0) is 13.5. The van der Waals surface area contributed by atoms with Crippen LogP contribution in [0.3, 0.4) is 0 Å². The van der Waals surface area contributed by atoms with E-state index in [-0.39, 0.29) is 12.5 Å². The van der Waals surface area contributed by atoms with Crippen LogP contribution >= 0.6 is 11.6 Å². The van der Waals surface area contributed by atoms with Crippen LogP contribution in [0.4, 0.5) is 0 Å². The SMILES string of the molecule is CC(C)Oc1ccc(CNCCC(=O)O)cc1Cl. The lowest BCUT2D eigenvalue weighted by molar-refractivity contribution is -0.136. The van der Waals surface area contributed by atoms with Gasteiger partial charge in [-0.2, -0.15) is 0 Å². The number of ether oxygens (including phenoxy) is 1. The molecule has 100 valence electrons. The standard InChI is InChI=1S/C13H18ClNO3/c1-9(2)18-12-4-3-10(7-11(12)14)8-15-6-5-13(16)17/h3-4,7,9,15H,5-6,8H2,1-2H3,(H,16,17). The first-order valence-electron chi connectivity index (χ1n) is 5.86. The average Bonchev–Trinajstić information content (AvgIpc) is 2.27. The van der Waals surface area contributed by atoms with Crippen LogP contribution in [0.25, 0.3) is 0 Å². The van der Waals surface area contributed by atoms with Gasteiger partial charge in [0.25, 0.3) is 0 Å². The summed E-state index contributed by atoms with van der Waals surface area (Å²) in [4.78, 5) is 10.3. The van der Waals surface area contributed by atoms with Crippen LogP contribution in [0, 0.1) is 0 Å². The molecule has 0 atom stereocenters. The summed E-state index contributed by atoms with van der Waals surface area (Å²) in [6, 6.07) is 5.57. The lowest BCUT2D eigenvalue weighted by atomic mass is 10.2. The number of carbonyl (C=O) groups is 1. The third-order valence-corrected chi connectivity index (χ3v) is 2.50. The molecule has 0 aliphatic heterocycles. The minimum absolute atomic E-state index is 0.0852. The molecule has 0 heterocycles. The Balaban J connectivity index is 2.48. The number of rotatable bonds is 7. The van der Waals surface area contributed by atoms with Crippen molar-refractivity contribution in [3.05, 3.63) is 28.8 Å². The van der Waals surface area contributed by atoms with Gasteiger partial charge in [0.05, 0.1) is 17.5 Å². The van der Waals surface area contributed by atoms with Gasteiger partial charge in [-0.05, 0) is 31.5 Å². The highest BCUT2D eigenvalue weighted by molar-refractivity contribution is 6.32. The molecule has 0 fully saturated rings. The third kappa shape index (κ3) is 5.38. The van der Waals surface area contributed by atoms with Crippen molar-refractivity contribution in [1.82, 2.24) is 5.32 Å². The van der Waals surface area contributed by atoms with Gasteiger partial charge in [0.1, 0.15) is 5.75 Å². The van der Waals surface area contributed by atoms with Gasteiger partial charge in [-0.1, -0.05) is 17.7 Å². The molecule has 0 aliphatic rings. The number of nitrogens with one attached hydrogen (secondary N) is 1. The molecule has 1 aromatic carbocycles. The van der Waals surface area contributed by atoms with E-state index < -0.39 is 5.97 Å². The van der Waals surface area contributed by atoms with Crippen LogP contribution in [0.15, 0.2) is 18.2 Å². The van der Waals surface area contributed by atoms with E-state index in [1.54, 1.807) is 0 Å². The molecule has 2 N–H and O–H groups in total.